The molecule has 4 aromatic rings. The van der Waals surface area contributed by atoms with Crippen molar-refractivity contribution in [1.29, 1.82) is 0 Å². The van der Waals surface area contributed by atoms with E-state index in [1.807, 2.05) is 12.1 Å². The Hall–Kier alpha value is -3.43. The summed E-state index contributed by atoms with van der Waals surface area (Å²) in [5.41, 5.74) is 6.87. The molecule has 0 aliphatic carbocycles. The number of rotatable bonds is 6. The van der Waals surface area contributed by atoms with Crippen molar-refractivity contribution in [3.63, 3.8) is 0 Å². The topological polar surface area (TPSA) is 117 Å². The van der Waals surface area contributed by atoms with Crippen LogP contribution in [-0.2, 0) is 11.3 Å². The molecule has 1 atom stereocenters. The van der Waals surface area contributed by atoms with Gasteiger partial charge in [-0.2, -0.15) is 0 Å². The zero-order valence-electron chi connectivity index (χ0n) is 17.0. The molecule has 0 unspecified atom stereocenters. The number of hydrogen-bond acceptors (Lipinski definition) is 6. The molecular weight excluding hydrogens is 420 g/mol. The molecule has 0 fully saturated rings. The summed E-state index contributed by atoms with van der Waals surface area (Å²) in [6, 6.07) is 8.30. The number of amides is 1. The van der Waals surface area contributed by atoms with Gasteiger partial charge in [-0.05, 0) is 30.5 Å². The van der Waals surface area contributed by atoms with Gasteiger partial charge in [0.25, 0.3) is 11.5 Å². The van der Waals surface area contributed by atoms with Crippen LogP contribution in [0, 0.1) is 0 Å². The summed E-state index contributed by atoms with van der Waals surface area (Å²) in [6.45, 7) is 2.43. The van der Waals surface area contributed by atoms with Crippen LogP contribution in [0.2, 0.25) is 5.02 Å². The van der Waals surface area contributed by atoms with Crippen molar-refractivity contribution in [1.82, 2.24) is 24.5 Å². The number of fused-ring (bicyclic) bond motifs is 2. The second kappa shape index (κ2) is 8.37. The van der Waals surface area contributed by atoms with Crippen molar-refractivity contribution < 1.29 is 9.53 Å². The van der Waals surface area contributed by atoms with Gasteiger partial charge in [-0.15, -0.1) is 5.10 Å². The predicted molar refractivity (Wildman–Crippen MR) is 118 cm³/mol. The SMILES string of the molecule is COCCn1c([C@H](C)NC(=O)c2c(N)nn3cccnc23)cc2cccc(Cl)c2c1=O. The molecule has 1 aromatic carbocycles. The number of nitrogens with zero attached hydrogens (tertiary/aromatic N) is 4. The third-order valence-electron chi connectivity index (χ3n) is 5.08. The van der Waals surface area contributed by atoms with Crippen molar-refractivity contribution >= 4 is 39.7 Å². The number of nitrogens with one attached hydrogen (secondary N) is 1. The van der Waals surface area contributed by atoms with E-state index >= 15 is 0 Å². The Bertz CT molecular complexity index is 1350. The van der Waals surface area contributed by atoms with Gasteiger partial charge in [-0.1, -0.05) is 23.7 Å². The van der Waals surface area contributed by atoms with Gasteiger partial charge < -0.3 is 20.4 Å². The van der Waals surface area contributed by atoms with E-state index in [2.05, 4.69) is 15.4 Å². The van der Waals surface area contributed by atoms with E-state index in [-0.39, 0.29) is 16.9 Å². The number of methoxy groups -OCH3 is 1. The Balaban J connectivity index is 1.76. The summed E-state index contributed by atoms with van der Waals surface area (Å²) in [5.74, 6) is -0.360. The fourth-order valence-corrected chi connectivity index (χ4v) is 3.88. The maximum Gasteiger partial charge on any atom is 0.260 e. The third kappa shape index (κ3) is 3.73. The monoisotopic (exact) mass is 440 g/mol. The predicted octanol–water partition coefficient (Wildman–Crippen LogP) is 2.42. The molecule has 3 aromatic heterocycles. The van der Waals surface area contributed by atoms with Crippen LogP contribution < -0.4 is 16.6 Å². The first-order chi connectivity index (χ1) is 14.9. The molecule has 3 N–H and O–H groups in total. The first-order valence-electron chi connectivity index (χ1n) is 9.63. The van der Waals surface area contributed by atoms with E-state index in [9.17, 15) is 9.59 Å². The van der Waals surface area contributed by atoms with Crippen molar-refractivity contribution in [2.45, 2.75) is 19.5 Å². The molecule has 31 heavy (non-hydrogen) atoms. The van der Waals surface area contributed by atoms with E-state index in [0.29, 0.717) is 40.3 Å². The first-order valence-corrected chi connectivity index (χ1v) is 10.0. The average Bonchev–Trinajstić information content (AvgIpc) is 3.08. The molecule has 3 heterocycles. The smallest absolute Gasteiger partial charge is 0.260 e. The number of nitrogen functional groups attached to an aromatic ring is 1. The van der Waals surface area contributed by atoms with Crippen molar-refractivity contribution in [3.8, 4) is 0 Å². The van der Waals surface area contributed by atoms with Crippen LogP contribution in [0.1, 0.15) is 29.0 Å². The standard InChI is InChI=1S/C21H21ClN6O3/c1-12(25-20(29)17-18(23)26-28-8-4-7-24-19(17)28)15-11-13-5-3-6-14(22)16(13)21(30)27(15)9-10-31-2/h3-8,11-12H,9-10H2,1-2H3,(H2,23,26)(H,25,29)/t12-/m0/s1. The van der Waals surface area contributed by atoms with Crippen molar-refractivity contribution in [3.05, 3.63) is 69.4 Å². The lowest BCUT2D eigenvalue weighted by molar-refractivity contribution is 0.0940. The van der Waals surface area contributed by atoms with Gasteiger partial charge in [0.05, 0.1) is 23.1 Å². The Labute approximate surface area is 182 Å². The van der Waals surface area contributed by atoms with Crippen LogP contribution in [0.4, 0.5) is 5.82 Å². The summed E-state index contributed by atoms with van der Waals surface area (Å²) in [6.07, 6.45) is 3.22. The molecule has 160 valence electrons. The zero-order chi connectivity index (χ0) is 22.1. The first kappa shape index (κ1) is 20.8. The lowest BCUT2D eigenvalue weighted by Gasteiger charge is -2.21. The number of anilines is 1. The van der Waals surface area contributed by atoms with E-state index in [1.54, 1.807) is 49.2 Å². The van der Waals surface area contributed by atoms with Crippen molar-refractivity contribution in [2.24, 2.45) is 0 Å². The second-order valence-electron chi connectivity index (χ2n) is 7.07. The van der Waals surface area contributed by atoms with Crippen LogP contribution in [0.25, 0.3) is 16.4 Å². The van der Waals surface area contributed by atoms with Crippen molar-refractivity contribution in [2.75, 3.05) is 19.5 Å². The molecule has 0 saturated heterocycles. The molecule has 0 aliphatic rings. The number of aromatic nitrogens is 4. The number of ether oxygens (including phenoxy) is 1. The van der Waals surface area contributed by atoms with Gasteiger partial charge in [0.2, 0.25) is 0 Å². The van der Waals surface area contributed by atoms with Gasteiger partial charge in [-0.3, -0.25) is 9.59 Å². The van der Waals surface area contributed by atoms with Gasteiger partial charge in [-0.25, -0.2) is 9.50 Å². The maximum atomic E-state index is 13.2. The van der Waals surface area contributed by atoms with Crippen LogP contribution in [0.5, 0.6) is 0 Å². The number of carbonyl (C=O) groups is 1. The number of hydrogen-bond donors (Lipinski definition) is 2. The Kier molecular flexibility index (Phi) is 5.62. The zero-order valence-corrected chi connectivity index (χ0v) is 17.8. The molecule has 0 aliphatic heterocycles. The van der Waals surface area contributed by atoms with E-state index < -0.39 is 11.9 Å². The fourth-order valence-electron chi connectivity index (χ4n) is 3.61. The molecule has 10 heteroatoms. The largest absolute Gasteiger partial charge is 0.383 e. The quantitative estimate of drug-likeness (QED) is 0.475. The van der Waals surface area contributed by atoms with E-state index in [4.69, 9.17) is 22.1 Å². The molecule has 1 amide bonds. The molecule has 0 saturated carbocycles. The van der Waals surface area contributed by atoms with Crippen LogP contribution in [0.15, 0.2) is 47.5 Å². The Morgan fingerprint density at radius 2 is 2.16 bits per heavy atom. The minimum absolute atomic E-state index is 0.0745. The average molecular weight is 441 g/mol. The highest BCUT2D eigenvalue weighted by Crippen LogP contribution is 2.24. The summed E-state index contributed by atoms with van der Waals surface area (Å²) < 4.78 is 8.18. The summed E-state index contributed by atoms with van der Waals surface area (Å²) >= 11 is 6.28. The molecule has 9 nitrogen and oxygen atoms in total. The van der Waals surface area contributed by atoms with Gasteiger partial charge in [0.15, 0.2) is 11.5 Å². The molecular formula is C21H21ClN6O3. The van der Waals surface area contributed by atoms with Crippen LogP contribution in [0.3, 0.4) is 0 Å². The highest BCUT2D eigenvalue weighted by atomic mass is 35.5. The summed E-state index contributed by atoms with van der Waals surface area (Å²) in [4.78, 5) is 30.4. The maximum absolute atomic E-state index is 13.2. The molecule has 0 spiro atoms. The summed E-state index contributed by atoms with van der Waals surface area (Å²) in [7, 11) is 1.56. The second-order valence-corrected chi connectivity index (χ2v) is 7.47. The van der Waals surface area contributed by atoms with Gasteiger partial charge >= 0.3 is 0 Å². The summed E-state index contributed by atoms with van der Waals surface area (Å²) in [5, 5.41) is 8.53. The molecule has 4 rings (SSSR count). The van der Waals surface area contributed by atoms with Crippen LogP contribution >= 0.6 is 11.6 Å². The van der Waals surface area contributed by atoms with Gasteiger partial charge in [0, 0.05) is 31.7 Å². The number of carbonyl (C=O) groups excluding carboxylic acids is 1. The van der Waals surface area contributed by atoms with Gasteiger partial charge in [0.1, 0.15) is 5.56 Å². The Morgan fingerprint density at radius 1 is 1.35 bits per heavy atom. The number of benzene rings is 1. The minimum Gasteiger partial charge on any atom is -0.383 e. The number of pyridine rings is 1. The lowest BCUT2D eigenvalue weighted by atomic mass is 10.1. The highest BCUT2D eigenvalue weighted by Gasteiger charge is 2.23. The molecule has 0 bridgehead atoms. The molecule has 0 radical (unpaired) electrons. The minimum atomic E-state index is -0.515. The number of halogens is 1. The van der Waals surface area contributed by atoms with E-state index in [0.717, 1.165) is 0 Å². The van der Waals surface area contributed by atoms with Crippen LogP contribution in [-0.4, -0.2) is 38.8 Å². The van der Waals surface area contributed by atoms with E-state index in [1.165, 1.54) is 4.52 Å². The fraction of sp³-hybridized carbons (Fsp3) is 0.238. The highest BCUT2D eigenvalue weighted by molar-refractivity contribution is 6.35. The third-order valence-corrected chi connectivity index (χ3v) is 5.39. The lowest BCUT2D eigenvalue weighted by Crippen LogP contribution is -2.33. The Morgan fingerprint density at radius 3 is 2.94 bits per heavy atom. The normalized spacial score (nSPS) is 12.4. The number of nitrogens with two attached hydrogens (primary N) is 1.